The summed E-state index contributed by atoms with van der Waals surface area (Å²) in [6, 6.07) is 0. The molecule has 0 aromatic carbocycles. The van der Waals surface area contributed by atoms with Crippen molar-refractivity contribution in [3.63, 3.8) is 0 Å². The summed E-state index contributed by atoms with van der Waals surface area (Å²) in [5.41, 5.74) is -0.00521. The van der Waals surface area contributed by atoms with Crippen molar-refractivity contribution in [3.8, 4) is 0 Å². The van der Waals surface area contributed by atoms with E-state index in [1.165, 1.54) is 0 Å². The molecule has 3 unspecified atom stereocenters. The van der Waals surface area contributed by atoms with Crippen LogP contribution in [0, 0.1) is 10.8 Å². The first-order valence-electron chi connectivity index (χ1n) is 7.64. The average Bonchev–Trinajstić information content (AvgIpc) is 2.68. The van der Waals surface area contributed by atoms with E-state index < -0.39 is 18.3 Å². The second kappa shape index (κ2) is 7.07. The molecule has 1 saturated heterocycles. The summed E-state index contributed by atoms with van der Waals surface area (Å²) < 4.78 is 10.4. The third-order valence-electron chi connectivity index (χ3n) is 3.53. The molecule has 1 heterocycles. The molecule has 0 aromatic rings. The zero-order valence-corrected chi connectivity index (χ0v) is 13.9. The van der Waals surface area contributed by atoms with Crippen LogP contribution in [0.2, 0.25) is 0 Å². The van der Waals surface area contributed by atoms with Crippen molar-refractivity contribution in [3.05, 3.63) is 0 Å². The Morgan fingerprint density at radius 1 is 1.33 bits per heavy atom. The summed E-state index contributed by atoms with van der Waals surface area (Å²) in [4.78, 5) is 11.9. The van der Waals surface area contributed by atoms with Crippen molar-refractivity contribution in [2.24, 2.45) is 10.8 Å². The van der Waals surface area contributed by atoms with Crippen molar-refractivity contribution >= 4 is 5.97 Å². The van der Waals surface area contributed by atoms with Crippen LogP contribution in [-0.2, 0) is 14.3 Å². The van der Waals surface area contributed by atoms with Gasteiger partial charge in [0.2, 0.25) is 0 Å². The van der Waals surface area contributed by atoms with Crippen LogP contribution in [0.15, 0.2) is 0 Å². The van der Waals surface area contributed by atoms with E-state index in [1.54, 1.807) is 0 Å². The van der Waals surface area contributed by atoms with Crippen molar-refractivity contribution < 1.29 is 24.5 Å². The van der Waals surface area contributed by atoms with Gasteiger partial charge >= 0.3 is 5.97 Å². The van der Waals surface area contributed by atoms with Gasteiger partial charge in [-0.2, -0.15) is 0 Å². The number of carbonyl (C=O) groups is 1. The second-order valence-electron chi connectivity index (χ2n) is 8.02. The summed E-state index contributed by atoms with van der Waals surface area (Å²) >= 11 is 0. The summed E-state index contributed by atoms with van der Waals surface area (Å²) in [5, 5.41) is 19.5. The van der Waals surface area contributed by atoms with Crippen molar-refractivity contribution in [2.75, 3.05) is 13.2 Å². The summed E-state index contributed by atoms with van der Waals surface area (Å²) in [7, 11) is 0. The Hall–Kier alpha value is -0.650. The van der Waals surface area contributed by atoms with Crippen molar-refractivity contribution in [1.29, 1.82) is 0 Å². The number of hydrogen-bond acceptors (Lipinski definition) is 5. The van der Waals surface area contributed by atoms with Crippen LogP contribution in [0.25, 0.3) is 0 Å². The number of esters is 1. The van der Waals surface area contributed by atoms with Gasteiger partial charge in [0.25, 0.3) is 0 Å². The molecule has 0 amide bonds. The zero-order chi connectivity index (χ0) is 16.3. The van der Waals surface area contributed by atoms with Gasteiger partial charge in [-0.3, -0.25) is 4.79 Å². The summed E-state index contributed by atoms with van der Waals surface area (Å²) in [5.74, 6) is -0.323. The van der Waals surface area contributed by atoms with Crippen LogP contribution >= 0.6 is 0 Å². The van der Waals surface area contributed by atoms with E-state index in [0.717, 1.165) is 6.42 Å². The number of ether oxygens (including phenoxy) is 2. The van der Waals surface area contributed by atoms with E-state index in [1.807, 2.05) is 13.8 Å². The normalized spacial score (nSPS) is 24.9. The van der Waals surface area contributed by atoms with Gasteiger partial charge < -0.3 is 19.7 Å². The van der Waals surface area contributed by atoms with Gasteiger partial charge in [0.05, 0.1) is 12.5 Å². The molecule has 1 rings (SSSR count). The van der Waals surface area contributed by atoms with E-state index in [4.69, 9.17) is 9.47 Å². The molecule has 1 aliphatic rings. The molecule has 0 saturated carbocycles. The van der Waals surface area contributed by atoms with Crippen LogP contribution in [0.3, 0.4) is 0 Å². The smallest absolute Gasteiger partial charge is 0.306 e. The highest BCUT2D eigenvalue weighted by molar-refractivity contribution is 5.70. The maximum Gasteiger partial charge on any atom is 0.306 e. The molecule has 1 aliphatic heterocycles. The molecule has 5 heteroatoms. The maximum absolute atomic E-state index is 11.9. The monoisotopic (exact) mass is 302 g/mol. The van der Waals surface area contributed by atoms with Crippen LogP contribution in [0.5, 0.6) is 0 Å². The Kier molecular flexibility index (Phi) is 6.20. The third kappa shape index (κ3) is 6.76. The summed E-state index contributed by atoms with van der Waals surface area (Å²) in [6.45, 7) is 10.8. The lowest BCUT2D eigenvalue weighted by atomic mass is 9.74. The molecule has 3 atom stereocenters. The highest BCUT2D eigenvalue weighted by Gasteiger charge is 2.34. The first-order chi connectivity index (χ1) is 9.50. The minimum absolute atomic E-state index is 0.133. The molecule has 124 valence electrons. The number of aliphatic hydroxyl groups is 2. The van der Waals surface area contributed by atoms with E-state index in [2.05, 4.69) is 20.8 Å². The molecular weight excluding hydrogens is 272 g/mol. The second-order valence-corrected chi connectivity index (χ2v) is 8.02. The van der Waals surface area contributed by atoms with Crippen molar-refractivity contribution in [2.45, 2.75) is 72.2 Å². The lowest BCUT2D eigenvalue weighted by Crippen LogP contribution is -2.38. The highest BCUT2D eigenvalue weighted by atomic mass is 16.6. The van der Waals surface area contributed by atoms with Crippen molar-refractivity contribution in [1.82, 2.24) is 0 Å². The molecule has 5 nitrogen and oxygen atoms in total. The lowest BCUT2D eigenvalue weighted by molar-refractivity contribution is -0.153. The van der Waals surface area contributed by atoms with Crippen LogP contribution in [0.4, 0.5) is 0 Å². The highest BCUT2D eigenvalue weighted by Crippen LogP contribution is 2.35. The first-order valence-corrected chi connectivity index (χ1v) is 7.64. The fourth-order valence-electron chi connectivity index (χ4n) is 3.18. The third-order valence-corrected chi connectivity index (χ3v) is 3.53. The molecule has 1 fully saturated rings. The number of hydrogen-bond donors (Lipinski definition) is 2. The number of aliphatic hydroxyl groups excluding tert-OH is 2. The van der Waals surface area contributed by atoms with Crippen LogP contribution in [0.1, 0.15) is 53.9 Å². The predicted octanol–water partition coefficient (Wildman–Crippen LogP) is 1.89. The average molecular weight is 302 g/mol. The minimum atomic E-state index is -0.975. The molecule has 2 N–H and O–H groups in total. The molecule has 21 heavy (non-hydrogen) atoms. The number of carbonyl (C=O) groups excluding carboxylic acids is 1. The Bertz CT molecular complexity index is 345. The van der Waals surface area contributed by atoms with Gasteiger partial charge in [-0.1, -0.05) is 34.6 Å². The Morgan fingerprint density at radius 3 is 2.43 bits per heavy atom. The number of rotatable bonds is 6. The molecule has 0 spiro atoms. The summed E-state index contributed by atoms with van der Waals surface area (Å²) in [6.07, 6.45) is -0.588. The minimum Gasteiger partial charge on any atom is -0.463 e. The molecular formula is C16H30O5. The van der Waals surface area contributed by atoms with E-state index in [9.17, 15) is 15.0 Å². The molecule has 0 aliphatic carbocycles. The van der Waals surface area contributed by atoms with Gasteiger partial charge in [0, 0.05) is 6.61 Å². The van der Waals surface area contributed by atoms with Gasteiger partial charge in [0.1, 0.15) is 18.8 Å². The fraction of sp³-hybridized carbons (Fsp3) is 0.938. The quantitative estimate of drug-likeness (QED) is 0.733. The van der Waals surface area contributed by atoms with E-state index in [0.29, 0.717) is 19.4 Å². The Morgan fingerprint density at radius 2 is 1.95 bits per heavy atom. The molecule has 0 bridgehead atoms. The van der Waals surface area contributed by atoms with Gasteiger partial charge in [-0.15, -0.1) is 0 Å². The maximum atomic E-state index is 11.9. The largest absolute Gasteiger partial charge is 0.463 e. The Balaban J connectivity index is 2.36. The SMILES string of the molecule is CC(C)(C)CC(C)(C)CC(=O)OCC(O)C1OCCC1O. The van der Waals surface area contributed by atoms with E-state index in [-0.39, 0.29) is 23.4 Å². The fourth-order valence-corrected chi connectivity index (χ4v) is 3.18. The van der Waals surface area contributed by atoms with Crippen LogP contribution < -0.4 is 0 Å². The first kappa shape index (κ1) is 18.4. The molecule has 0 aromatic heterocycles. The van der Waals surface area contributed by atoms with Crippen LogP contribution in [-0.4, -0.2) is 47.7 Å². The van der Waals surface area contributed by atoms with E-state index >= 15 is 0 Å². The van der Waals surface area contributed by atoms with Gasteiger partial charge in [0.15, 0.2) is 0 Å². The zero-order valence-electron chi connectivity index (χ0n) is 13.9. The predicted molar refractivity (Wildman–Crippen MR) is 79.8 cm³/mol. The molecule has 0 radical (unpaired) electrons. The van der Waals surface area contributed by atoms with Gasteiger partial charge in [-0.25, -0.2) is 0 Å². The standard InChI is InChI=1S/C16H30O5/c1-15(2,3)10-16(4,5)8-13(19)21-9-12(18)14-11(17)6-7-20-14/h11-12,14,17-18H,6-10H2,1-5H3. The Labute approximate surface area is 127 Å². The van der Waals surface area contributed by atoms with Gasteiger partial charge in [-0.05, 0) is 23.7 Å². The lowest BCUT2D eigenvalue weighted by Gasteiger charge is -2.31. The topological polar surface area (TPSA) is 76.0 Å².